The Hall–Kier alpha value is -1.55. The van der Waals surface area contributed by atoms with Crippen LogP contribution in [0.2, 0.25) is 5.02 Å². The van der Waals surface area contributed by atoms with Gasteiger partial charge in [-0.05, 0) is 31.5 Å². The number of anilines is 1. The van der Waals surface area contributed by atoms with E-state index in [1.165, 1.54) is 6.92 Å². The van der Waals surface area contributed by atoms with Crippen LogP contribution in [0.5, 0.6) is 0 Å². The van der Waals surface area contributed by atoms with E-state index < -0.39 is 5.97 Å². The molecule has 0 saturated carbocycles. The second-order valence-electron chi connectivity index (χ2n) is 3.07. The number of aryl methyl sites for hydroxylation is 1. The van der Waals surface area contributed by atoms with E-state index in [-0.39, 0.29) is 5.71 Å². The van der Waals surface area contributed by atoms with E-state index in [0.717, 1.165) is 5.56 Å². The van der Waals surface area contributed by atoms with Gasteiger partial charge < -0.3 is 5.11 Å². The number of hydrogen-bond acceptors (Lipinski definition) is 3. The van der Waals surface area contributed by atoms with Crippen molar-refractivity contribution in [1.29, 1.82) is 0 Å². The van der Waals surface area contributed by atoms with Gasteiger partial charge in [0, 0.05) is 5.02 Å². The van der Waals surface area contributed by atoms with E-state index in [4.69, 9.17) is 16.7 Å². The number of carbonyl (C=O) groups is 1. The standard InChI is InChI=1S/C10H11ClN2O2/c1-6-3-4-8(11)5-9(6)13-12-7(2)10(14)15/h3-5,13H,1-2H3,(H,14,15). The predicted octanol–water partition coefficient (Wildman–Crippen LogP) is 2.52. The predicted molar refractivity (Wildman–Crippen MR) is 60.6 cm³/mol. The molecule has 0 spiro atoms. The number of nitrogens with one attached hydrogen (secondary N) is 1. The zero-order valence-corrected chi connectivity index (χ0v) is 9.17. The Labute approximate surface area is 92.6 Å². The van der Waals surface area contributed by atoms with Crippen LogP contribution in [-0.2, 0) is 4.79 Å². The molecule has 0 saturated heterocycles. The van der Waals surface area contributed by atoms with Crippen LogP contribution in [0.15, 0.2) is 23.3 Å². The van der Waals surface area contributed by atoms with Crippen molar-refractivity contribution in [3.63, 3.8) is 0 Å². The van der Waals surface area contributed by atoms with Crippen LogP contribution in [0, 0.1) is 6.92 Å². The summed E-state index contributed by atoms with van der Waals surface area (Å²) in [5.74, 6) is -1.05. The third kappa shape index (κ3) is 3.25. The molecule has 1 aromatic carbocycles. The zero-order chi connectivity index (χ0) is 11.4. The fraction of sp³-hybridized carbons (Fsp3) is 0.200. The molecule has 0 heterocycles. The van der Waals surface area contributed by atoms with Crippen molar-refractivity contribution in [2.75, 3.05) is 5.43 Å². The largest absolute Gasteiger partial charge is 0.477 e. The molecule has 15 heavy (non-hydrogen) atoms. The molecule has 0 aromatic heterocycles. The fourth-order valence-corrected chi connectivity index (χ4v) is 1.08. The van der Waals surface area contributed by atoms with E-state index in [2.05, 4.69) is 10.5 Å². The summed E-state index contributed by atoms with van der Waals surface area (Å²) in [6, 6.07) is 5.28. The van der Waals surface area contributed by atoms with Gasteiger partial charge in [-0.15, -0.1) is 0 Å². The Balaban J connectivity index is 2.86. The molecule has 0 aliphatic carbocycles. The minimum Gasteiger partial charge on any atom is -0.477 e. The van der Waals surface area contributed by atoms with Crippen molar-refractivity contribution in [2.45, 2.75) is 13.8 Å². The molecule has 0 unspecified atom stereocenters. The summed E-state index contributed by atoms with van der Waals surface area (Å²) in [4.78, 5) is 10.5. The summed E-state index contributed by atoms with van der Waals surface area (Å²) < 4.78 is 0. The van der Waals surface area contributed by atoms with Crippen molar-refractivity contribution >= 4 is 29.0 Å². The van der Waals surface area contributed by atoms with Crippen LogP contribution in [0.3, 0.4) is 0 Å². The molecular formula is C10H11ClN2O2. The van der Waals surface area contributed by atoms with Crippen LogP contribution < -0.4 is 5.43 Å². The minimum atomic E-state index is -1.05. The average Bonchev–Trinajstić information content (AvgIpc) is 2.18. The molecule has 0 atom stereocenters. The van der Waals surface area contributed by atoms with Crippen molar-refractivity contribution in [1.82, 2.24) is 0 Å². The van der Waals surface area contributed by atoms with Gasteiger partial charge in [0.15, 0.2) is 0 Å². The number of benzene rings is 1. The summed E-state index contributed by atoms with van der Waals surface area (Å²) in [6.45, 7) is 3.29. The highest BCUT2D eigenvalue weighted by Crippen LogP contribution is 2.19. The highest BCUT2D eigenvalue weighted by Gasteiger charge is 2.02. The molecule has 2 N–H and O–H groups in total. The first-order valence-electron chi connectivity index (χ1n) is 4.30. The van der Waals surface area contributed by atoms with E-state index >= 15 is 0 Å². The molecule has 0 aliphatic rings. The van der Waals surface area contributed by atoms with Crippen LogP contribution in [0.25, 0.3) is 0 Å². The maximum Gasteiger partial charge on any atom is 0.351 e. The van der Waals surface area contributed by atoms with Gasteiger partial charge in [0.25, 0.3) is 0 Å². The van der Waals surface area contributed by atoms with Crippen molar-refractivity contribution in [2.24, 2.45) is 5.10 Å². The fourth-order valence-electron chi connectivity index (χ4n) is 0.907. The lowest BCUT2D eigenvalue weighted by Gasteiger charge is -2.05. The summed E-state index contributed by atoms with van der Waals surface area (Å²) in [5, 5.41) is 12.9. The highest BCUT2D eigenvalue weighted by molar-refractivity contribution is 6.34. The van der Waals surface area contributed by atoms with E-state index in [9.17, 15) is 4.79 Å². The summed E-state index contributed by atoms with van der Waals surface area (Å²) in [5.41, 5.74) is 4.30. The van der Waals surface area contributed by atoms with Gasteiger partial charge in [0.1, 0.15) is 5.71 Å². The SMILES string of the molecule is CC(=NNc1cc(Cl)ccc1C)C(=O)O. The minimum absolute atomic E-state index is 0.00521. The van der Waals surface area contributed by atoms with Gasteiger partial charge in [-0.1, -0.05) is 17.7 Å². The maximum absolute atomic E-state index is 10.5. The lowest BCUT2D eigenvalue weighted by atomic mass is 10.2. The number of rotatable bonds is 3. The Morgan fingerprint density at radius 1 is 1.53 bits per heavy atom. The Morgan fingerprint density at radius 2 is 2.20 bits per heavy atom. The van der Waals surface area contributed by atoms with Crippen molar-refractivity contribution in [3.05, 3.63) is 28.8 Å². The van der Waals surface area contributed by atoms with Crippen molar-refractivity contribution < 1.29 is 9.90 Å². The quantitative estimate of drug-likeness (QED) is 0.615. The Kier molecular flexibility index (Phi) is 3.68. The molecule has 0 aliphatic heterocycles. The molecule has 0 bridgehead atoms. The Bertz CT molecular complexity index is 416. The number of halogens is 1. The van der Waals surface area contributed by atoms with E-state index in [1.54, 1.807) is 12.1 Å². The maximum atomic E-state index is 10.5. The molecule has 1 rings (SSSR count). The number of aliphatic carboxylic acids is 1. The summed E-state index contributed by atoms with van der Waals surface area (Å²) in [6.07, 6.45) is 0. The molecule has 4 nitrogen and oxygen atoms in total. The van der Waals surface area contributed by atoms with Gasteiger partial charge in [0.05, 0.1) is 5.69 Å². The molecular weight excluding hydrogens is 216 g/mol. The monoisotopic (exact) mass is 226 g/mol. The van der Waals surface area contributed by atoms with Crippen molar-refractivity contribution in [3.8, 4) is 0 Å². The lowest BCUT2D eigenvalue weighted by Crippen LogP contribution is -2.10. The average molecular weight is 227 g/mol. The van der Waals surface area contributed by atoms with Gasteiger partial charge in [-0.25, -0.2) is 4.79 Å². The first-order chi connectivity index (χ1) is 7.00. The highest BCUT2D eigenvalue weighted by atomic mass is 35.5. The molecule has 0 fully saturated rings. The van der Waals surface area contributed by atoms with Gasteiger partial charge in [-0.2, -0.15) is 5.10 Å². The summed E-state index contributed by atoms with van der Waals surface area (Å²) in [7, 11) is 0. The summed E-state index contributed by atoms with van der Waals surface area (Å²) >= 11 is 5.79. The number of hydrazone groups is 1. The second kappa shape index (κ2) is 4.79. The molecule has 80 valence electrons. The van der Waals surface area contributed by atoms with Crippen LogP contribution in [0.1, 0.15) is 12.5 Å². The van der Waals surface area contributed by atoms with Gasteiger partial charge in [0.2, 0.25) is 0 Å². The molecule has 0 radical (unpaired) electrons. The van der Waals surface area contributed by atoms with E-state index in [0.29, 0.717) is 10.7 Å². The molecule has 1 aromatic rings. The van der Waals surface area contributed by atoms with Crippen LogP contribution in [-0.4, -0.2) is 16.8 Å². The zero-order valence-electron chi connectivity index (χ0n) is 8.41. The number of hydrogen-bond donors (Lipinski definition) is 2. The third-order valence-electron chi connectivity index (χ3n) is 1.85. The smallest absolute Gasteiger partial charge is 0.351 e. The first kappa shape index (κ1) is 11.5. The number of nitrogens with zero attached hydrogens (tertiary/aromatic N) is 1. The molecule has 5 heteroatoms. The van der Waals surface area contributed by atoms with Crippen LogP contribution >= 0.6 is 11.6 Å². The van der Waals surface area contributed by atoms with E-state index in [1.807, 2.05) is 13.0 Å². The van der Waals surface area contributed by atoms with Gasteiger partial charge >= 0.3 is 5.97 Å². The van der Waals surface area contributed by atoms with Crippen LogP contribution in [0.4, 0.5) is 5.69 Å². The Morgan fingerprint density at radius 3 is 2.80 bits per heavy atom. The first-order valence-corrected chi connectivity index (χ1v) is 4.68. The number of carboxylic acid groups (broad SMARTS) is 1. The number of carboxylic acids is 1. The normalized spacial score (nSPS) is 11.3. The molecule has 0 amide bonds. The third-order valence-corrected chi connectivity index (χ3v) is 2.09. The second-order valence-corrected chi connectivity index (χ2v) is 3.51. The lowest BCUT2D eigenvalue weighted by molar-refractivity contribution is -0.129. The van der Waals surface area contributed by atoms with Gasteiger partial charge in [-0.3, -0.25) is 5.43 Å². The topological polar surface area (TPSA) is 61.7 Å².